The van der Waals surface area contributed by atoms with Crippen molar-refractivity contribution in [3.8, 4) is 0 Å². The van der Waals surface area contributed by atoms with Crippen molar-refractivity contribution in [2.45, 2.75) is 39.0 Å². The van der Waals surface area contributed by atoms with Crippen LogP contribution in [0.2, 0.25) is 0 Å². The van der Waals surface area contributed by atoms with Gasteiger partial charge >= 0.3 is 0 Å². The van der Waals surface area contributed by atoms with Crippen molar-refractivity contribution < 1.29 is 9.90 Å². The van der Waals surface area contributed by atoms with E-state index in [1.165, 1.54) is 6.33 Å². The number of hydrogen-bond acceptors (Lipinski definition) is 5. The fraction of sp³-hybridized carbons (Fsp3) is 0.333. The molecule has 0 bridgehead atoms. The number of nitrogens with zero attached hydrogens (tertiary/aromatic N) is 5. The summed E-state index contributed by atoms with van der Waals surface area (Å²) in [6.07, 6.45) is 4.00. The highest BCUT2D eigenvalue weighted by molar-refractivity contribution is 5.95. The number of amides is 1. The lowest BCUT2D eigenvalue weighted by atomic mass is 10.1. The maximum Gasteiger partial charge on any atom is 0.257 e. The topological polar surface area (TPSA) is 84.1 Å². The smallest absolute Gasteiger partial charge is 0.257 e. The number of aryl methyl sites for hydroxylation is 1. The molecule has 2 aromatic heterocycles. The second-order valence-electron chi connectivity index (χ2n) is 6.96. The summed E-state index contributed by atoms with van der Waals surface area (Å²) in [5, 5.41) is 15.2. The van der Waals surface area contributed by atoms with E-state index >= 15 is 0 Å². The Labute approximate surface area is 163 Å². The molecule has 4 rings (SSSR count). The molecule has 0 spiro atoms. The van der Waals surface area contributed by atoms with Gasteiger partial charge in [0, 0.05) is 12.7 Å². The SMILES string of the molecule is CCCc1ncncc1C(=O)N1CCn2nc(C(O)c3ccccc3)cc2C1. The summed E-state index contributed by atoms with van der Waals surface area (Å²) < 4.78 is 1.87. The van der Waals surface area contributed by atoms with Gasteiger partial charge in [-0.2, -0.15) is 5.10 Å². The number of carbonyl (C=O) groups is 1. The first kappa shape index (κ1) is 18.3. The summed E-state index contributed by atoms with van der Waals surface area (Å²) in [6, 6.07) is 11.3. The van der Waals surface area contributed by atoms with Crippen LogP contribution < -0.4 is 0 Å². The zero-order valence-electron chi connectivity index (χ0n) is 15.8. The van der Waals surface area contributed by atoms with E-state index in [9.17, 15) is 9.90 Å². The first-order chi connectivity index (χ1) is 13.7. The molecule has 1 N–H and O–H groups in total. The second-order valence-corrected chi connectivity index (χ2v) is 6.96. The monoisotopic (exact) mass is 377 g/mol. The van der Waals surface area contributed by atoms with Crippen LogP contribution in [0.3, 0.4) is 0 Å². The van der Waals surface area contributed by atoms with Gasteiger partial charge in [-0.3, -0.25) is 9.48 Å². The number of fused-ring (bicyclic) bond motifs is 1. The Morgan fingerprint density at radius 2 is 2.07 bits per heavy atom. The van der Waals surface area contributed by atoms with Gasteiger partial charge in [0.05, 0.1) is 35.7 Å². The Kier molecular flexibility index (Phi) is 5.16. The molecule has 0 radical (unpaired) electrons. The van der Waals surface area contributed by atoms with Crippen LogP contribution in [0.5, 0.6) is 0 Å². The van der Waals surface area contributed by atoms with Crippen molar-refractivity contribution in [2.75, 3.05) is 6.54 Å². The van der Waals surface area contributed by atoms with Crippen LogP contribution in [-0.4, -0.2) is 42.2 Å². The van der Waals surface area contributed by atoms with Gasteiger partial charge < -0.3 is 10.0 Å². The van der Waals surface area contributed by atoms with E-state index in [2.05, 4.69) is 22.0 Å². The van der Waals surface area contributed by atoms with Crippen LogP contribution in [0.25, 0.3) is 0 Å². The van der Waals surface area contributed by atoms with Crippen molar-refractivity contribution >= 4 is 5.91 Å². The van der Waals surface area contributed by atoms with Gasteiger partial charge in [-0.1, -0.05) is 43.7 Å². The molecule has 7 nitrogen and oxygen atoms in total. The van der Waals surface area contributed by atoms with Gasteiger partial charge in [0.25, 0.3) is 5.91 Å². The predicted molar refractivity (Wildman–Crippen MR) is 103 cm³/mol. The van der Waals surface area contributed by atoms with Crippen molar-refractivity contribution in [2.24, 2.45) is 0 Å². The number of hydrogen-bond donors (Lipinski definition) is 1. The second kappa shape index (κ2) is 7.90. The summed E-state index contributed by atoms with van der Waals surface area (Å²) in [5.74, 6) is -0.0540. The van der Waals surface area contributed by atoms with Gasteiger partial charge in [-0.15, -0.1) is 0 Å². The van der Waals surface area contributed by atoms with Crippen molar-refractivity contribution in [1.29, 1.82) is 0 Å². The highest BCUT2D eigenvalue weighted by atomic mass is 16.3. The number of rotatable bonds is 5. The zero-order chi connectivity index (χ0) is 19.5. The summed E-state index contributed by atoms with van der Waals surface area (Å²) in [7, 11) is 0. The molecule has 1 unspecified atom stereocenters. The molecule has 1 aliphatic heterocycles. The first-order valence-electron chi connectivity index (χ1n) is 9.55. The van der Waals surface area contributed by atoms with E-state index in [-0.39, 0.29) is 5.91 Å². The van der Waals surface area contributed by atoms with Crippen LogP contribution in [0.1, 0.15) is 52.5 Å². The fourth-order valence-electron chi connectivity index (χ4n) is 3.54. The van der Waals surface area contributed by atoms with Gasteiger partial charge in [0.2, 0.25) is 0 Å². The first-order valence-corrected chi connectivity index (χ1v) is 9.55. The molecule has 144 valence electrons. The van der Waals surface area contributed by atoms with E-state index in [4.69, 9.17) is 0 Å². The number of aliphatic hydroxyl groups is 1. The number of aromatic nitrogens is 4. The Hall–Kier alpha value is -3.06. The zero-order valence-corrected chi connectivity index (χ0v) is 15.8. The standard InChI is InChI=1S/C21H23N5O2/c1-2-6-18-17(12-22-14-23-18)21(28)25-9-10-26-16(13-25)11-19(24-26)20(27)15-7-4-3-5-8-15/h3-5,7-8,11-12,14,20,27H,2,6,9-10,13H2,1H3. The molecular weight excluding hydrogens is 354 g/mol. The lowest BCUT2D eigenvalue weighted by Gasteiger charge is -2.28. The molecule has 28 heavy (non-hydrogen) atoms. The molecular formula is C21H23N5O2. The van der Waals surface area contributed by atoms with Crippen LogP contribution in [-0.2, 0) is 19.5 Å². The fourth-order valence-corrected chi connectivity index (χ4v) is 3.54. The molecule has 0 saturated carbocycles. The molecule has 1 atom stereocenters. The molecule has 3 heterocycles. The molecule has 7 heteroatoms. The average Bonchev–Trinajstić information content (AvgIpc) is 3.17. The molecule has 0 fully saturated rings. The minimum absolute atomic E-state index is 0.0540. The van der Waals surface area contributed by atoms with E-state index in [1.807, 2.05) is 41.1 Å². The third kappa shape index (κ3) is 3.53. The summed E-state index contributed by atoms with van der Waals surface area (Å²) in [4.78, 5) is 23.2. The van der Waals surface area contributed by atoms with E-state index in [0.717, 1.165) is 29.8 Å². The highest BCUT2D eigenvalue weighted by Crippen LogP contribution is 2.24. The maximum atomic E-state index is 13.0. The Morgan fingerprint density at radius 3 is 2.86 bits per heavy atom. The maximum absolute atomic E-state index is 13.0. The van der Waals surface area contributed by atoms with Crippen LogP contribution >= 0.6 is 0 Å². The van der Waals surface area contributed by atoms with Gasteiger partial charge in [-0.25, -0.2) is 9.97 Å². The summed E-state index contributed by atoms with van der Waals surface area (Å²) in [6.45, 7) is 3.68. The number of benzene rings is 1. The Bertz CT molecular complexity index is 970. The lowest BCUT2D eigenvalue weighted by molar-refractivity contribution is 0.0703. The lowest BCUT2D eigenvalue weighted by Crippen LogP contribution is -2.39. The number of aliphatic hydroxyl groups excluding tert-OH is 1. The summed E-state index contributed by atoms with van der Waals surface area (Å²) in [5.41, 5.74) is 3.68. The van der Waals surface area contributed by atoms with Gasteiger partial charge in [-0.05, 0) is 18.1 Å². The highest BCUT2D eigenvalue weighted by Gasteiger charge is 2.26. The van der Waals surface area contributed by atoms with Crippen molar-refractivity contribution in [3.63, 3.8) is 0 Å². The van der Waals surface area contributed by atoms with Crippen molar-refractivity contribution in [3.05, 3.63) is 77.1 Å². The van der Waals surface area contributed by atoms with Gasteiger partial charge in [0.15, 0.2) is 0 Å². The quantitative estimate of drug-likeness (QED) is 0.738. The third-order valence-electron chi connectivity index (χ3n) is 5.01. The van der Waals surface area contributed by atoms with Crippen LogP contribution in [0, 0.1) is 0 Å². The largest absolute Gasteiger partial charge is 0.382 e. The molecule has 1 amide bonds. The molecule has 1 aromatic carbocycles. The van der Waals surface area contributed by atoms with E-state index in [0.29, 0.717) is 30.9 Å². The molecule has 0 aliphatic carbocycles. The predicted octanol–water partition coefficient (Wildman–Crippen LogP) is 2.36. The summed E-state index contributed by atoms with van der Waals surface area (Å²) >= 11 is 0. The molecule has 0 saturated heterocycles. The van der Waals surface area contributed by atoms with E-state index in [1.54, 1.807) is 11.1 Å². The van der Waals surface area contributed by atoms with Crippen LogP contribution in [0.15, 0.2) is 48.9 Å². The Morgan fingerprint density at radius 1 is 1.25 bits per heavy atom. The third-order valence-corrected chi connectivity index (χ3v) is 5.01. The molecule has 1 aliphatic rings. The van der Waals surface area contributed by atoms with Crippen LogP contribution in [0.4, 0.5) is 0 Å². The minimum Gasteiger partial charge on any atom is -0.382 e. The van der Waals surface area contributed by atoms with Crippen molar-refractivity contribution in [1.82, 2.24) is 24.6 Å². The minimum atomic E-state index is -0.776. The average molecular weight is 377 g/mol. The Balaban J connectivity index is 1.54. The number of carbonyl (C=O) groups excluding carboxylic acids is 1. The molecule has 3 aromatic rings. The van der Waals surface area contributed by atoms with E-state index < -0.39 is 6.10 Å². The normalized spacial score (nSPS) is 14.6. The van der Waals surface area contributed by atoms with Gasteiger partial charge in [0.1, 0.15) is 12.4 Å².